The normalized spacial score (nSPS) is 10.4. The summed E-state index contributed by atoms with van der Waals surface area (Å²) < 4.78 is 7.04. The van der Waals surface area contributed by atoms with Crippen molar-refractivity contribution in [2.45, 2.75) is 20.4 Å². The van der Waals surface area contributed by atoms with Crippen LogP contribution in [-0.2, 0) is 11.3 Å². The zero-order chi connectivity index (χ0) is 19.9. The number of carbonyl (C=O) groups excluding carboxylic acids is 1. The minimum atomic E-state index is -0.349. The molecule has 28 heavy (non-hydrogen) atoms. The molecule has 1 heterocycles. The van der Waals surface area contributed by atoms with Crippen molar-refractivity contribution in [3.63, 3.8) is 0 Å². The fourth-order valence-electron chi connectivity index (χ4n) is 2.72. The molecule has 0 aliphatic rings. The lowest BCUT2D eigenvalue weighted by atomic mass is 10.2. The predicted molar refractivity (Wildman–Crippen MR) is 114 cm³/mol. The molecule has 0 saturated carbocycles. The molecule has 7 heteroatoms. The van der Waals surface area contributed by atoms with Crippen molar-refractivity contribution in [2.75, 3.05) is 11.9 Å². The second kappa shape index (κ2) is 9.14. The molecule has 2 N–H and O–H groups in total. The lowest BCUT2D eigenvalue weighted by Gasteiger charge is -2.12. The average Bonchev–Trinajstić information content (AvgIpc) is 3.13. The third-order valence-electron chi connectivity index (χ3n) is 4.12. The van der Waals surface area contributed by atoms with Crippen LogP contribution in [0, 0.1) is 6.92 Å². The summed E-state index contributed by atoms with van der Waals surface area (Å²) in [4.78, 5) is 16.1. The number of carbonyl (C=O) groups is 1. The number of nitrogens with one attached hydrogen (secondary N) is 2. The maximum atomic E-state index is 11.8. The van der Waals surface area contributed by atoms with Crippen molar-refractivity contribution < 1.29 is 9.53 Å². The van der Waals surface area contributed by atoms with Gasteiger partial charge in [0.15, 0.2) is 5.11 Å². The van der Waals surface area contributed by atoms with Crippen molar-refractivity contribution in [1.82, 2.24) is 14.9 Å². The Balaban J connectivity index is 1.55. The van der Waals surface area contributed by atoms with E-state index < -0.39 is 0 Å². The summed E-state index contributed by atoms with van der Waals surface area (Å²) in [5.74, 6) is 0.597. The van der Waals surface area contributed by atoms with Crippen LogP contribution in [0.3, 0.4) is 0 Å². The Kier molecular flexibility index (Phi) is 6.39. The lowest BCUT2D eigenvalue weighted by molar-refractivity contribution is 0.0526. The van der Waals surface area contributed by atoms with Gasteiger partial charge in [-0.3, -0.25) is 0 Å². The molecule has 0 saturated heterocycles. The highest BCUT2D eigenvalue weighted by Gasteiger charge is 2.07. The first-order valence-electron chi connectivity index (χ1n) is 8.98. The van der Waals surface area contributed by atoms with E-state index in [1.54, 1.807) is 31.3 Å². The predicted octanol–water partition coefficient (Wildman–Crippen LogP) is 3.84. The Bertz CT molecular complexity index is 967. The molecule has 1 aromatic heterocycles. The van der Waals surface area contributed by atoms with E-state index in [0.717, 1.165) is 22.8 Å². The van der Waals surface area contributed by atoms with Crippen molar-refractivity contribution in [1.29, 1.82) is 0 Å². The minimum Gasteiger partial charge on any atom is -0.462 e. The van der Waals surface area contributed by atoms with Gasteiger partial charge in [-0.15, -0.1) is 0 Å². The number of anilines is 1. The van der Waals surface area contributed by atoms with E-state index in [2.05, 4.69) is 15.6 Å². The molecule has 3 aromatic rings. The van der Waals surface area contributed by atoms with Gasteiger partial charge in [0, 0.05) is 30.3 Å². The first-order chi connectivity index (χ1) is 13.6. The van der Waals surface area contributed by atoms with Gasteiger partial charge >= 0.3 is 5.97 Å². The van der Waals surface area contributed by atoms with Gasteiger partial charge in [0.1, 0.15) is 5.82 Å². The fraction of sp³-hybridized carbons (Fsp3) is 0.190. The molecule has 0 radical (unpaired) electrons. The maximum absolute atomic E-state index is 11.8. The molecule has 0 fully saturated rings. The quantitative estimate of drug-likeness (QED) is 0.489. The Labute approximate surface area is 169 Å². The molecule has 0 spiro atoms. The van der Waals surface area contributed by atoms with Gasteiger partial charge in [0.25, 0.3) is 0 Å². The highest BCUT2D eigenvalue weighted by molar-refractivity contribution is 7.80. The molecule has 2 aromatic carbocycles. The van der Waals surface area contributed by atoms with Crippen molar-refractivity contribution in [3.8, 4) is 5.69 Å². The summed E-state index contributed by atoms with van der Waals surface area (Å²) in [5, 5.41) is 6.74. The molecule has 6 nitrogen and oxygen atoms in total. The number of nitrogens with zero attached hydrogens (tertiary/aromatic N) is 2. The molecule has 144 valence electrons. The average molecular weight is 395 g/mol. The lowest BCUT2D eigenvalue weighted by Crippen LogP contribution is -2.28. The standard InChI is InChI=1S/C21H22N4O2S/c1-3-27-20(26)17-5-4-6-18(13-17)24-21(28)23-14-16-7-9-19(10-8-16)25-12-11-22-15(25)2/h4-13H,3,14H2,1-2H3,(H2,23,24,28). The third kappa shape index (κ3) is 4.95. The maximum Gasteiger partial charge on any atom is 0.338 e. The molecule has 3 rings (SSSR count). The molecule has 0 aliphatic heterocycles. The zero-order valence-electron chi connectivity index (χ0n) is 15.8. The molecular weight excluding hydrogens is 372 g/mol. The van der Waals surface area contributed by atoms with Gasteiger partial charge in [-0.25, -0.2) is 9.78 Å². The topological polar surface area (TPSA) is 68.2 Å². The number of esters is 1. The Hall–Kier alpha value is -3.19. The Morgan fingerprint density at radius 3 is 2.68 bits per heavy atom. The van der Waals surface area contributed by atoms with Crippen molar-refractivity contribution in [3.05, 3.63) is 77.9 Å². The summed E-state index contributed by atoms with van der Waals surface area (Å²) >= 11 is 5.35. The number of hydrogen-bond donors (Lipinski definition) is 2. The zero-order valence-corrected chi connectivity index (χ0v) is 16.6. The summed E-state index contributed by atoms with van der Waals surface area (Å²) in [7, 11) is 0. The molecule has 0 atom stereocenters. The molecule has 0 amide bonds. The van der Waals surface area contributed by atoms with Crippen LogP contribution in [0.15, 0.2) is 60.9 Å². The van der Waals surface area contributed by atoms with Crippen LogP contribution >= 0.6 is 12.2 Å². The first kappa shape index (κ1) is 19.6. The van der Waals surface area contributed by atoms with E-state index >= 15 is 0 Å². The number of thiocarbonyl (C=S) groups is 1. The van der Waals surface area contributed by atoms with Crippen molar-refractivity contribution in [2.24, 2.45) is 0 Å². The second-order valence-electron chi connectivity index (χ2n) is 6.12. The van der Waals surface area contributed by atoms with Crippen LogP contribution in [0.1, 0.15) is 28.7 Å². The highest BCUT2D eigenvalue weighted by atomic mass is 32.1. The third-order valence-corrected chi connectivity index (χ3v) is 4.37. The largest absolute Gasteiger partial charge is 0.462 e. The highest BCUT2D eigenvalue weighted by Crippen LogP contribution is 2.13. The van der Waals surface area contributed by atoms with E-state index in [0.29, 0.717) is 23.8 Å². The van der Waals surface area contributed by atoms with Crippen LogP contribution in [-0.4, -0.2) is 27.2 Å². The van der Waals surface area contributed by atoms with E-state index in [1.165, 1.54) is 0 Å². The smallest absolute Gasteiger partial charge is 0.338 e. The molecule has 0 aliphatic carbocycles. The van der Waals surface area contributed by atoms with Crippen LogP contribution < -0.4 is 10.6 Å². The van der Waals surface area contributed by atoms with E-state index in [9.17, 15) is 4.79 Å². The fourth-order valence-corrected chi connectivity index (χ4v) is 2.91. The second-order valence-corrected chi connectivity index (χ2v) is 6.53. The summed E-state index contributed by atoms with van der Waals surface area (Å²) in [6, 6.07) is 15.2. The number of imidazole rings is 1. The Morgan fingerprint density at radius 1 is 1.21 bits per heavy atom. The number of rotatable bonds is 6. The summed E-state index contributed by atoms with van der Waals surface area (Å²) in [5.41, 5.74) is 3.38. The molecule has 0 unspecified atom stereocenters. The first-order valence-corrected chi connectivity index (χ1v) is 9.39. The summed E-state index contributed by atoms with van der Waals surface area (Å²) in [6.07, 6.45) is 3.72. The number of hydrogen-bond acceptors (Lipinski definition) is 4. The van der Waals surface area contributed by atoms with Gasteiger partial charge in [-0.1, -0.05) is 18.2 Å². The Morgan fingerprint density at radius 2 is 2.00 bits per heavy atom. The number of aromatic nitrogens is 2. The van der Waals surface area contributed by atoms with Gasteiger partial charge in [-0.05, 0) is 62.0 Å². The van der Waals surface area contributed by atoms with E-state index in [4.69, 9.17) is 17.0 Å². The van der Waals surface area contributed by atoms with Gasteiger partial charge < -0.3 is 19.9 Å². The SMILES string of the molecule is CCOC(=O)c1cccc(NC(=S)NCc2ccc(-n3ccnc3C)cc2)c1. The van der Waals surface area contributed by atoms with Crippen LogP contribution in [0.4, 0.5) is 5.69 Å². The van der Waals surface area contributed by atoms with E-state index in [-0.39, 0.29) is 5.97 Å². The van der Waals surface area contributed by atoms with Crippen LogP contribution in [0.2, 0.25) is 0 Å². The summed E-state index contributed by atoms with van der Waals surface area (Å²) in [6.45, 7) is 4.68. The minimum absolute atomic E-state index is 0.343. The number of aryl methyl sites for hydroxylation is 1. The van der Waals surface area contributed by atoms with Crippen LogP contribution in [0.25, 0.3) is 5.69 Å². The van der Waals surface area contributed by atoms with Crippen LogP contribution in [0.5, 0.6) is 0 Å². The van der Waals surface area contributed by atoms with E-state index in [1.807, 2.05) is 48.0 Å². The van der Waals surface area contributed by atoms with Gasteiger partial charge in [-0.2, -0.15) is 0 Å². The molecular formula is C21H22N4O2S. The molecule has 0 bridgehead atoms. The van der Waals surface area contributed by atoms with Crippen molar-refractivity contribution >= 4 is 29.0 Å². The number of benzene rings is 2. The number of ether oxygens (including phenoxy) is 1. The van der Waals surface area contributed by atoms with Gasteiger partial charge in [0.05, 0.1) is 12.2 Å². The monoisotopic (exact) mass is 394 g/mol. The van der Waals surface area contributed by atoms with Gasteiger partial charge in [0.2, 0.25) is 0 Å².